The number of methoxy groups -OCH3 is 2. The second-order valence-electron chi connectivity index (χ2n) is 8.13. The number of hydrogen-bond acceptors (Lipinski definition) is 7. The average molecular weight is 444 g/mol. The third-order valence-corrected chi connectivity index (χ3v) is 6.27. The van der Waals surface area contributed by atoms with Crippen molar-refractivity contribution < 1.29 is 23.7 Å². The lowest BCUT2D eigenvalue weighted by molar-refractivity contribution is -0.0191. The average Bonchev–Trinajstić information content (AvgIpc) is 3.33. The van der Waals surface area contributed by atoms with E-state index in [4.69, 9.17) is 28.8 Å². The smallest absolute Gasteiger partial charge is 0.214 e. The summed E-state index contributed by atoms with van der Waals surface area (Å²) in [6, 6.07) is 20.1. The van der Waals surface area contributed by atoms with Crippen molar-refractivity contribution in [1.82, 2.24) is 5.01 Å². The highest BCUT2D eigenvalue weighted by Gasteiger charge is 2.41. The van der Waals surface area contributed by atoms with E-state index in [1.54, 1.807) is 14.2 Å². The summed E-state index contributed by atoms with van der Waals surface area (Å²) in [5.41, 5.74) is 4.09. The number of para-hydroxylation sites is 1. The van der Waals surface area contributed by atoms with Gasteiger partial charge in [-0.25, -0.2) is 5.01 Å². The van der Waals surface area contributed by atoms with Crippen molar-refractivity contribution in [2.45, 2.75) is 18.7 Å². The summed E-state index contributed by atoms with van der Waals surface area (Å²) in [6.45, 7) is 1.13. The Morgan fingerprint density at radius 3 is 2.52 bits per heavy atom. The minimum atomic E-state index is -0.389. The third-order valence-electron chi connectivity index (χ3n) is 6.27. The molecule has 0 radical (unpaired) electrons. The van der Waals surface area contributed by atoms with Crippen LogP contribution in [0.4, 0.5) is 0 Å². The van der Waals surface area contributed by atoms with E-state index in [-0.39, 0.29) is 12.3 Å². The molecular formula is C26H24N2O5. The molecule has 33 heavy (non-hydrogen) atoms. The molecule has 0 saturated carbocycles. The molecule has 3 heterocycles. The van der Waals surface area contributed by atoms with Crippen molar-refractivity contribution in [3.05, 3.63) is 77.4 Å². The van der Waals surface area contributed by atoms with Crippen molar-refractivity contribution in [3.8, 4) is 28.7 Å². The maximum absolute atomic E-state index is 6.46. The summed E-state index contributed by atoms with van der Waals surface area (Å²) >= 11 is 0. The van der Waals surface area contributed by atoms with Crippen LogP contribution in [0.1, 0.15) is 35.4 Å². The van der Waals surface area contributed by atoms with Crippen molar-refractivity contribution >= 4 is 5.71 Å². The molecule has 0 aliphatic carbocycles. The van der Waals surface area contributed by atoms with Crippen LogP contribution in [0.3, 0.4) is 0 Å². The summed E-state index contributed by atoms with van der Waals surface area (Å²) in [5.74, 6) is 3.75. The topological polar surface area (TPSA) is 61.8 Å². The monoisotopic (exact) mass is 444 g/mol. The van der Waals surface area contributed by atoms with Crippen LogP contribution in [0.25, 0.3) is 0 Å². The van der Waals surface area contributed by atoms with E-state index in [2.05, 4.69) is 11.1 Å². The quantitative estimate of drug-likeness (QED) is 0.581. The van der Waals surface area contributed by atoms with Gasteiger partial charge >= 0.3 is 0 Å². The standard InChI is InChI=1S/C26H24N2O5/c1-29-22-9-8-17(14-24(22)30-2)26-28-20(18-5-3-4-6-21(18)33-26)15-19(27-28)16-7-10-23-25(13-16)32-12-11-31-23/h3-10,13-14,20,26H,11-12,15H2,1-2H3/t20-,26-/m0/s1. The van der Waals surface area contributed by atoms with E-state index in [9.17, 15) is 0 Å². The summed E-state index contributed by atoms with van der Waals surface area (Å²) in [4.78, 5) is 0. The molecule has 7 heteroatoms. The molecule has 0 unspecified atom stereocenters. The van der Waals surface area contributed by atoms with Crippen LogP contribution in [-0.4, -0.2) is 38.2 Å². The molecule has 7 nitrogen and oxygen atoms in total. The summed E-state index contributed by atoms with van der Waals surface area (Å²) in [6.07, 6.45) is 0.378. The van der Waals surface area contributed by atoms with E-state index in [1.165, 1.54) is 0 Å². The fraction of sp³-hybridized carbons (Fsp3) is 0.269. The number of nitrogens with zero attached hydrogens (tertiary/aromatic N) is 2. The Hall–Kier alpha value is -3.87. The fourth-order valence-electron chi connectivity index (χ4n) is 4.66. The predicted octanol–water partition coefficient (Wildman–Crippen LogP) is 4.72. The van der Waals surface area contributed by atoms with Gasteiger partial charge in [-0.3, -0.25) is 0 Å². The molecule has 3 aliphatic heterocycles. The number of rotatable bonds is 4. The molecule has 168 valence electrons. The van der Waals surface area contributed by atoms with Crippen LogP contribution >= 0.6 is 0 Å². The Balaban J connectivity index is 1.41. The fourth-order valence-corrected chi connectivity index (χ4v) is 4.66. The minimum absolute atomic E-state index is 0.0660. The van der Waals surface area contributed by atoms with Gasteiger partial charge in [0.05, 0.1) is 26.0 Å². The second-order valence-corrected chi connectivity index (χ2v) is 8.13. The number of hydrazone groups is 1. The molecule has 0 aromatic heterocycles. The highest BCUT2D eigenvalue weighted by Crippen LogP contribution is 2.48. The predicted molar refractivity (Wildman–Crippen MR) is 123 cm³/mol. The van der Waals surface area contributed by atoms with Gasteiger partial charge in [-0.2, -0.15) is 5.10 Å². The highest BCUT2D eigenvalue weighted by atomic mass is 16.6. The van der Waals surface area contributed by atoms with E-state index in [1.807, 2.05) is 54.6 Å². The van der Waals surface area contributed by atoms with E-state index < -0.39 is 0 Å². The molecule has 3 aliphatic rings. The van der Waals surface area contributed by atoms with Crippen LogP contribution in [0.2, 0.25) is 0 Å². The summed E-state index contributed by atoms with van der Waals surface area (Å²) in [5, 5.41) is 7.09. The normalized spacial score (nSPS) is 20.3. The lowest BCUT2D eigenvalue weighted by Crippen LogP contribution is -2.33. The zero-order chi connectivity index (χ0) is 22.4. The molecule has 2 atom stereocenters. The van der Waals surface area contributed by atoms with Gasteiger partial charge in [-0.05, 0) is 42.5 Å². The maximum atomic E-state index is 6.46. The molecule has 3 aromatic rings. The SMILES string of the molecule is COc1ccc([C@@H]2Oc3ccccc3[C@@H]3CC(c4ccc5c(c4)OCCO5)=NN32)cc1OC. The van der Waals surface area contributed by atoms with Gasteiger partial charge in [0.15, 0.2) is 23.0 Å². The van der Waals surface area contributed by atoms with Crippen LogP contribution < -0.4 is 23.7 Å². The number of benzene rings is 3. The highest BCUT2D eigenvalue weighted by molar-refractivity contribution is 6.02. The first kappa shape index (κ1) is 19.8. The van der Waals surface area contributed by atoms with E-state index in [0.29, 0.717) is 24.7 Å². The van der Waals surface area contributed by atoms with Crippen LogP contribution in [0.5, 0.6) is 28.7 Å². The third kappa shape index (κ3) is 3.31. The molecule has 0 spiro atoms. The van der Waals surface area contributed by atoms with Crippen molar-refractivity contribution in [2.75, 3.05) is 27.4 Å². The molecule has 0 N–H and O–H groups in total. The Morgan fingerprint density at radius 1 is 0.848 bits per heavy atom. The van der Waals surface area contributed by atoms with E-state index in [0.717, 1.165) is 46.1 Å². The molecular weight excluding hydrogens is 420 g/mol. The lowest BCUT2D eigenvalue weighted by Gasteiger charge is -2.38. The van der Waals surface area contributed by atoms with Crippen molar-refractivity contribution in [2.24, 2.45) is 5.10 Å². The summed E-state index contributed by atoms with van der Waals surface area (Å²) < 4.78 is 28.9. The summed E-state index contributed by atoms with van der Waals surface area (Å²) in [7, 11) is 3.26. The van der Waals surface area contributed by atoms with Gasteiger partial charge < -0.3 is 23.7 Å². The Kier molecular flexibility index (Phi) is 4.75. The molecule has 0 amide bonds. The molecule has 0 bridgehead atoms. The molecule has 0 fully saturated rings. The number of hydrogen-bond donors (Lipinski definition) is 0. The molecule has 3 aromatic carbocycles. The minimum Gasteiger partial charge on any atom is -0.493 e. The Morgan fingerprint density at radius 2 is 1.67 bits per heavy atom. The largest absolute Gasteiger partial charge is 0.493 e. The van der Waals surface area contributed by atoms with Crippen molar-refractivity contribution in [3.63, 3.8) is 0 Å². The van der Waals surface area contributed by atoms with Gasteiger partial charge in [0.2, 0.25) is 6.23 Å². The Labute approximate surface area is 192 Å². The zero-order valence-corrected chi connectivity index (χ0v) is 18.5. The van der Waals surface area contributed by atoms with E-state index >= 15 is 0 Å². The number of ether oxygens (including phenoxy) is 5. The van der Waals surface area contributed by atoms with Gasteiger partial charge in [0.25, 0.3) is 0 Å². The first-order valence-electron chi connectivity index (χ1n) is 11.0. The Bertz CT molecular complexity index is 1240. The van der Waals surface area contributed by atoms with Gasteiger partial charge in [-0.1, -0.05) is 18.2 Å². The first-order chi connectivity index (χ1) is 16.2. The number of fused-ring (bicyclic) bond motifs is 4. The molecule has 0 saturated heterocycles. The lowest BCUT2D eigenvalue weighted by atomic mass is 9.95. The first-order valence-corrected chi connectivity index (χ1v) is 11.0. The van der Waals surface area contributed by atoms with Crippen LogP contribution in [0.15, 0.2) is 65.8 Å². The molecule has 6 rings (SSSR count). The van der Waals surface area contributed by atoms with Gasteiger partial charge in [0.1, 0.15) is 19.0 Å². The second kappa shape index (κ2) is 7.92. The van der Waals surface area contributed by atoms with Crippen LogP contribution in [-0.2, 0) is 0 Å². The van der Waals surface area contributed by atoms with Crippen molar-refractivity contribution in [1.29, 1.82) is 0 Å². The zero-order valence-electron chi connectivity index (χ0n) is 18.5. The van der Waals surface area contributed by atoms with Crippen LogP contribution in [0, 0.1) is 0 Å². The van der Waals surface area contributed by atoms with Gasteiger partial charge in [-0.15, -0.1) is 0 Å². The van der Waals surface area contributed by atoms with Gasteiger partial charge in [0, 0.05) is 23.1 Å². The maximum Gasteiger partial charge on any atom is 0.214 e.